The van der Waals surface area contributed by atoms with Gasteiger partial charge in [0.25, 0.3) is 0 Å². The van der Waals surface area contributed by atoms with Crippen molar-refractivity contribution in [2.45, 2.75) is 51.5 Å². The number of anilines is 3. The topological polar surface area (TPSA) is 44.3 Å². The number of hydrogen-bond donors (Lipinski definition) is 1. The van der Waals surface area contributed by atoms with Crippen LogP contribution in [0, 0.1) is 12.7 Å². The Morgan fingerprint density at radius 3 is 2.32 bits per heavy atom. The van der Waals surface area contributed by atoms with Crippen molar-refractivity contribution >= 4 is 17.3 Å². The first-order valence-corrected chi connectivity index (χ1v) is 10.6. The van der Waals surface area contributed by atoms with E-state index in [1.165, 1.54) is 44.6 Å². The quantitative estimate of drug-likeness (QED) is 0.794. The summed E-state index contributed by atoms with van der Waals surface area (Å²) in [6.45, 7) is 5.18. The van der Waals surface area contributed by atoms with Gasteiger partial charge in [0, 0.05) is 38.3 Å². The molecule has 1 N–H and O–H groups in total. The van der Waals surface area contributed by atoms with E-state index in [0.29, 0.717) is 11.7 Å². The minimum atomic E-state index is -0.149. The maximum atomic E-state index is 14.1. The second-order valence-corrected chi connectivity index (χ2v) is 7.92. The Balaban J connectivity index is 1.42. The van der Waals surface area contributed by atoms with E-state index in [1.54, 1.807) is 6.07 Å². The molecule has 1 aromatic heterocycles. The molecule has 1 aliphatic heterocycles. The van der Waals surface area contributed by atoms with E-state index in [9.17, 15) is 4.39 Å². The summed E-state index contributed by atoms with van der Waals surface area (Å²) in [5, 5.41) is 3.65. The molecule has 1 aliphatic carbocycles. The minimum Gasteiger partial charge on any atom is -0.367 e. The number of aromatic nitrogens is 2. The molecule has 0 radical (unpaired) electrons. The van der Waals surface area contributed by atoms with Gasteiger partial charge in [-0.2, -0.15) is 0 Å². The Bertz CT molecular complexity index is 780. The van der Waals surface area contributed by atoms with Crippen LogP contribution in [0.5, 0.6) is 0 Å². The van der Waals surface area contributed by atoms with E-state index in [1.807, 2.05) is 19.1 Å². The highest BCUT2D eigenvalue weighted by Gasteiger charge is 2.21. The minimum absolute atomic E-state index is 0.149. The molecule has 1 saturated carbocycles. The fourth-order valence-electron chi connectivity index (χ4n) is 4.31. The maximum absolute atomic E-state index is 14.1. The molecule has 1 aromatic carbocycles. The average molecular weight is 384 g/mol. The van der Waals surface area contributed by atoms with E-state index >= 15 is 0 Å². The summed E-state index contributed by atoms with van der Waals surface area (Å²) in [7, 11) is 0. The summed E-state index contributed by atoms with van der Waals surface area (Å²) in [5.74, 6) is 2.55. The maximum Gasteiger partial charge on any atom is 0.146 e. The lowest BCUT2D eigenvalue weighted by molar-refractivity contribution is 0.595. The lowest BCUT2D eigenvalue weighted by Crippen LogP contribution is -2.47. The second kappa shape index (κ2) is 8.76. The van der Waals surface area contributed by atoms with Gasteiger partial charge in [0.2, 0.25) is 0 Å². The highest BCUT2D eigenvalue weighted by atomic mass is 19.1. The van der Waals surface area contributed by atoms with Crippen molar-refractivity contribution < 1.29 is 4.39 Å². The van der Waals surface area contributed by atoms with E-state index in [0.717, 1.165) is 43.6 Å². The van der Waals surface area contributed by atoms with Crippen LogP contribution in [0.25, 0.3) is 0 Å². The molecule has 2 aliphatic rings. The Kier molecular flexibility index (Phi) is 5.93. The Hall–Kier alpha value is -2.37. The monoisotopic (exact) mass is 383 g/mol. The molecular weight excluding hydrogens is 353 g/mol. The van der Waals surface area contributed by atoms with Crippen LogP contribution in [0.4, 0.5) is 21.7 Å². The molecule has 0 spiro atoms. The zero-order valence-electron chi connectivity index (χ0n) is 16.7. The number of para-hydroxylation sites is 1. The number of halogens is 1. The third-order valence-corrected chi connectivity index (χ3v) is 5.83. The summed E-state index contributed by atoms with van der Waals surface area (Å²) in [4.78, 5) is 13.7. The van der Waals surface area contributed by atoms with Crippen LogP contribution in [0.1, 0.15) is 44.3 Å². The van der Waals surface area contributed by atoms with Crippen molar-refractivity contribution in [1.82, 2.24) is 9.97 Å². The second-order valence-electron chi connectivity index (χ2n) is 7.92. The first-order valence-electron chi connectivity index (χ1n) is 10.6. The van der Waals surface area contributed by atoms with Gasteiger partial charge < -0.3 is 15.1 Å². The molecule has 6 heteroatoms. The van der Waals surface area contributed by atoms with E-state index in [4.69, 9.17) is 0 Å². The molecule has 0 bridgehead atoms. The first-order chi connectivity index (χ1) is 13.7. The van der Waals surface area contributed by atoms with Gasteiger partial charge in [-0.3, -0.25) is 0 Å². The van der Waals surface area contributed by atoms with E-state index in [-0.39, 0.29) is 5.82 Å². The third kappa shape index (κ3) is 4.54. The number of hydrogen-bond acceptors (Lipinski definition) is 5. The fourth-order valence-corrected chi connectivity index (χ4v) is 4.31. The number of nitrogens with one attached hydrogen (secondary N) is 1. The van der Waals surface area contributed by atoms with Gasteiger partial charge in [0.05, 0.1) is 5.69 Å². The first kappa shape index (κ1) is 19.0. The summed E-state index contributed by atoms with van der Waals surface area (Å²) >= 11 is 0. The average Bonchev–Trinajstić information content (AvgIpc) is 2.97. The molecule has 2 heterocycles. The SMILES string of the molecule is Cc1nc(NC2CCCCCC2)cc(N2CCN(c3ccccc3F)CC2)n1. The summed E-state index contributed by atoms with van der Waals surface area (Å²) in [6, 6.07) is 9.61. The molecular formula is C22H30FN5. The number of benzene rings is 1. The van der Waals surface area contributed by atoms with Crippen molar-refractivity contribution in [3.05, 3.63) is 42.0 Å². The van der Waals surface area contributed by atoms with Crippen molar-refractivity contribution in [2.75, 3.05) is 41.3 Å². The van der Waals surface area contributed by atoms with Gasteiger partial charge >= 0.3 is 0 Å². The van der Waals surface area contributed by atoms with Gasteiger partial charge in [-0.25, -0.2) is 14.4 Å². The molecule has 4 rings (SSSR count). The summed E-state index contributed by atoms with van der Waals surface area (Å²) in [5.41, 5.74) is 0.691. The standard InChI is InChI=1S/C22H30FN5/c1-17-24-21(26-18-8-4-2-3-5-9-18)16-22(25-17)28-14-12-27(13-15-28)20-11-7-6-10-19(20)23/h6-7,10-11,16,18H,2-5,8-9,12-15H2,1H3,(H,24,25,26). The number of piperazine rings is 1. The predicted molar refractivity (Wildman–Crippen MR) is 113 cm³/mol. The smallest absolute Gasteiger partial charge is 0.146 e. The Morgan fingerprint density at radius 1 is 0.929 bits per heavy atom. The molecule has 2 fully saturated rings. The molecule has 0 atom stereocenters. The third-order valence-electron chi connectivity index (χ3n) is 5.83. The predicted octanol–water partition coefficient (Wildman–Crippen LogP) is 4.39. The normalized spacial score (nSPS) is 18.8. The Labute approximate surface area is 167 Å². The van der Waals surface area contributed by atoms with Crippen LogP contribution >= 0.6 is 0 Å². The van der Waals surface area contributed by atoms with E-state index in [2.05, 4.69) is 31.2 Å². The van der Waals surface area contributed by atoms with Crippen molar-refractivity contribution in [3.8, 4) is 0 Å². The lowest BCUT2D eigenvalue weighted by atomic mass is 10.1. The zero-order valence-corrected chi connectivity index (χ0v) is 16.7. The van der Waals surface area contributed by atoms with Crippen molar-refractivity contribution in [1.29, 1.82) is 0 Å². The molecule has 28 heavy (non-hydrogen) atoms. The van der Waals surface area contributed by atoms with Gasteiger partial charge in [-0.1, -0.05) is 37.8 Å². The zero-order chi connectivity index (χ0) is 19.3. The van der Waals surface area contributed by atoms with Crippen molar-refractivity contribution in [3.63, 3.8) is 0 Å². The largest absolute Gasteiger partial charge is 0.367 e. The Morgan fingerprint density at radius 2 is 1.61 bits per heavy atom. The van der Waals surface area contributed by atoms with Crippen LogP contribution in [0.3, 0.4) is 0 Å². The molecule has 2 aromatic rings. The summed E-state index contributed by atoms with van der Waals surface area (Å²) < 4.78 is 14.1. The van der Waals surface area contributed by atoms with Crippen LogP contribution in [0.2, 0.25) is 0 Å². The van der Waals surface area contributed by atoms with Crippen LogP contribution < -0.4 is 15.1 Å². The molecule has 5 nitrogen and oxygen atoms in total. The highest BCUT2D eigenvalue weighted by molar-refractivity contribution is 5.53. The molecule has 150 valence electrons. The van der Waals surface area contributed by atoms with Gasteiger partial charge in [0.1, 0.15) is 23.3 Å². The van der Waals surface area contributed by atoms with Crippen LogP contribution in [0.15, 0.2) is 30.3 Å². The molecule has 0 unspecified atom stereocenters. The van der Waals surface area contributed by atoms with Gasteiger partial charge in [-0.05, 0) is 31.9 Å². The number of rotatable bonds is 4. The molecule has 1 saturated heterocycles. The highest BCUT2D eigenvalue weighted by Crippen LogP contribution is 2.25. The van der Waals surface area contributed by atoms with Crippen LogP contribution in [-0.2, 0) is 0 Å². The van der Waals surface area contributed by atoms with Gasteiger partial charge in [-0.15, -0.1) is 0 Å². The van der Waals surface area contributed by atoms with Crippen LogP contribution in [-0.4, -0.2) is 42.2 Å². The van der Waals surface area contributed by atoms with Gasteiger partial charge in [0.15, 0.2) is 0 Å². The van der Waals surface area contributed by atoms with E-state index < -0.39 is 0 Å². The molecule has 0 amide bonds. The number of aryl methyl sites for hydroxylation is 1. The lowest BCUT2D eigenvalue weighted by Gasteiger charge is -2.37. The van der Waals surface area contributed by atoms with Crippen molar-refractivity contribution in [2.24, 2.45) is 0 Å². The number of nitrogens with zero attached hydrogens (tertiary/aromatic N) is 4. The summed E-state index contributed by atoms with van der Waals surface area (Å²) in [6.07, 6.45) is 7.73. The fraction of sp³-hybridized carbons (Fsp3) is 0.545.